The Labute approximate surface area is 182 Å². The van der Waals surface area contributed by atoms with Gasteiger partial charge in [0.25, 0.3) is 0 Å². The van der Waals surface area contributed by atoms with Crippen molar-refractivity contribution in [2.45, 2.75) is 52.4 Å². The fraction of sp³-hybridized carbons (Fsp3) is 0.955. The Morgan fingerprint density at radius 2 is 0.900 bits per heavy atom. The van der Waals surface area contributed by atoms with E-state index in [1.807, 2.05) is 0 Å². The molecule has 0 aromatic carbocycles. The van der Waals surface area contributed by atoms with Gasteiger partial charge in [-0.2, -0.15) is 0 Å². The van der Waals surface area contributed by atoms with Crippen LogP contribution in [-0.4, -0.2) is 91.9 Å². The van der Waals surface area contributed by atoms with Gasteiger partial charge >= 0.3 is 5.97 Å². The maximum Gasteiger partial charge on any atom is 0.308 e. The monoisotopic (exact) mass is 436 g/mol. The van der Waals surface area contributed by atoms with Crippen LogP contribution in [0.4, 0.5) is 0 Å². The molecule has 0 heterocycles. The van der Waals surface area contributed by atoms with Gasteiger partial charge in [0.1, 0.15) is 0 Å². The van der Waals surface area contributed by atoms with Gasteiger partial charge in [-0.1, -0.05) is 32.6 Å². The Morgan fingerprint density at radius 1 is 0.500 bits per heavy atom. The number of carbonyl (C=O) groups is 1. The second-order valence-corrected chi connectivity index (χ2v) is 6.64. The normalized spacial score (nSPS) is 11.1. The van der Waals surface area contributed by atoms with Crippen LogP contribution in [0, 0.1) is 0 Å². The van der Waals surface area contributed by atoms with Crippen LogP contribution < -0.4 is 0 Å². The van der Waals surface area contributed by atoms with Gasteiger partial charge < -0.3 is 33.2 Å². The largest absolute Gasteiger partial charge is 0.466 e. The molecule has 30 heavy (non-hydrogen) atoms. The lowest BCUT2D eigenvalue weighted by Crippen LogP contribution is -2.14. The maximum absolute atomic E-state index is 11.1. The molecule has 0 N–H and O–H groups in total. The lowest BCUT2D eigenvalue weighted by Gasteiger charge is -2.08. The Hall–Kier alpha value is -0.770. The number of ether oxygens (including phenoxy) is 7. The Kier molecular flexibility index (Phi) is 25.6. The first kappa shape index (κ1) is 29.2. The summed E-state index contributed by atoms with van der Waals surface area (Å²) in [5.74, 6) is -0.238. The van der Waals surface area contributed by atoms with Crippen molar-refractivity contribution in [3.8, 4) is 0 Å². The quantitative estimate of drug-likeness (QED) is 0.160. The van der Waals surface area contributed by atoms with E-state index in [0.29, 0.717) is 79.3 Å². The third-order valence-electron chi connectivity index (χ3n) is 4.01. The molecule has 0 saturated carbocycles. The van der Waals surface area contributed by atoms with Gasteiger partial charge in [-0.3, -0.25) is 4.79 Å². The average Bonchev–Trinajstić information content (AvgIpc) is 2.74. The van der Waals surface area contributed by atoms with Gasteiger partial charge in [0.2, 0.25) is 0 Å². The molecule has 8 heteroatoms. The molecule has 0 fully saturated rings. The van der Waals surface area contributed by atoms with Crippen LogP contribution in [0.15, 0.2) is 0 Å². The fourth-order valence-corrected chi connectivity index (χ4v) is 2.40. The van der Waals surface area contributed by atoms with E-state index in [1.54, 1.807) is 6.92 Å². The van der Waals surface area contributed by atoms with Gasteiger partial charge in [-0.15, -0.1) is 0 Å². The molecule has 0 rings (SSSR count). The summed E-state index contributed by atoms with van der Waals surface area (Å²) in [6.45, 7) is 11.0. The zero-order valence-electron chi connectivity index (χ0n) is 19.2. The molecular weight excluding hydrogens is 392 g/mol. The molecule has 0 saturated heterocycles. The number of unbranched alkanes of at least 4 members (excludes halogenated alkanes) is 4. The first-order valence-corrected chi connectivity index (χ1v) is 11.4. The lowest BCUT2D eigenvalue weighted by atomic mass is 10.2. The van der Waals surface area contributed by atoms with E-state index in [2.05, 4.69) is 6.92 Å². The number of hydrogen-bond acceptors (Lipinski definition) is 8. The lowest BCUT2D eigenvalue weighted by molar-refractivity contribution is -0.144. The molecule has 8 nitrogen and oxygen atoms in total. The predicted molar refractivity (Wildman–Crippen MR) is 115 cm³/mol. The highest BCUT2D eigenvalue weighted by atomic mass is 16.6. The zero-order chi connectivity index (χ0) is 22.0. The summed E-state index contributed by atoms with van der Waals surface area (Å²) >= 11 is 0. The van der Waals surface area contributed by atoms with Crippen LogP contribution in [0.25, 0.3) is 0 Å². The number of hydrogen-bond donors (Lipinski definition) is 0. The van der Waals surface area contributed by atoms with E-state index < -0.39 is 0 Å². The SMILES string of the molecule is CCCCCCCOCCOCCOCCOCCOCCOCCC(=O)OCC. The van der Waals surface area contributed by atoms with Crippen molar-refractivity contribution < 1.29 is 38.0 Å². The van der Waals surface area contributed by atoms with Crippen LogP contribution in [0.5, 0.6) is 0 Å². The van der Waals surface area contributed by atoms with E-state index in [1.165, 1.54) is 25.7 Å². The highest BCUT2D eigenvalue weighted by Gasteiger charge is 2.00. The van der Waals surface area contributed by atoms with Gasteiger partial charge in [-0.05, 0) is 13.3 Å². The van der Waals surface area contributed by atoms with Crippen LogP contribution in [0.3, 0.4) is 0 Å². The van der Waals surface area contributed by atoms with Crippen LogP contribution in [-0.2, 0) is 38.0 Å². The van der Waals surface area contributed by atoms with Crippen LogP contribution in [0.2, 0.25) is 0 Å². The molecule has 0 radical (unpaired) electrons. The Morgan fingerprint density at radius 3 is 1.33 bits per heavy atom. The molecule has 0 aromatic rings. The number of rotatable bonds is 25. The second-order valence-electron chi connectivity index (χ2n) is 6.64. The summed E-state index contributed by atoms with van der Waals surface area (Å²) in [5.41, 5.74) is 0. The van der Waals surface area contributed by atoms with Gasteiger partial charge in [0.05, 0.1) is 85.7 Å². The van der Waals surface area contributed by atoms with E-state index in [4.69, 9.17) is 33.2 Å². The van der Waals surface area contributed by atoms with Gasteiger partial charge in [0, 0.05) is 6.61 Å². The van der Waals surface area contributed by atoms with Crippen molar-refractivity contribution in [1.29, 1.82) is 0 Å². The summed E-state index contributed by atoms with van der Waals surface area (Å²) in [6, 6.07) is 0. The first-order chi connectivity index (χ1) is 14.8. The highest BCUT2D eigenvalue weighted by molar-refractivity contribution is 5.69. The number of esters is 1. The van der Waals surface area contributed by atoms with Crippen LogP contribution >= 0.6 is 0 Å². The number of carbonyl (C=O) groups excluding carboxylic acids is 1. The second kappa shape index (κ2) is 26.3. The molecule has 0 unspecified atom stereocenters. The minimum absolute atomic E-state index is 0.238. The highest BCUT2D eigenvalue weighted by Crippen LogP contribution is 2.02. The molecule has 0 aliphatic carbocycles. The third-order valence-corrected chi connectivity index (χ3v) is 4.01. The molecule has 0 spiro atoms. The van der Waals surface area contributed by atoms with E-state index in [0.717, 1.165) is 13.0 Å². The molecule has 0 aliphatic rings. The zero-order valence-corrected chi connectivity index (χ0v) is 19.2. The van der Waals surface area contributed by atoms with Gasteiger partial charge in [0.15, 0.2) is 0 Å². The average molecular weight is 437 g/mol. The third kappa shape index (κ3) is 25.3. The summed E-state index contributed by atoms with van der Waals surface area (Å²) in [5, 5.41) is 0. The molecule has 180 valence electrons. The fourth-order valence-electron chi connectivity index (χ4n) is 2.40. The standard InChI is InChI=1S/C22H44O8/c1-3-5-6-7-8-10-24-12-14-26-16-18-28-20-21-29-19-17-27-15-13-25-11-9-22(23)30-4-2/h3-21H2,1-2H3. The predicted octanol–water partition coefficient (Wildman–Crippen LogP) is 3.01. The molecule has 0 amide bonds. The minimum atomic E-state index is -0.238. The summed E-state index contributed by atoms with van der Waals surface area (Å²) in [6.07, 6.45) is 6.56. The summed E-state index contributed by atoms with van der Waals surface area (Å²) in [4.78, 5) is 11.1. The van der Waals surface area contributed by atoms with E-state index in [9.17, 15) is 4.79 Å². The molecule has 0 bridgehead atoms. The summed E-state index contributed by atoms with van der Waals surface area (Å²) < 4.78 is 37.3. The van der Waals surface area contributed by atoms with Crippen molar-refractivity contribution in [1.82, 2.24) is 0 Å². The molecular formula is C22H44O8. The molecule has 0 aliphatic heterocycles. The topological polar surface area (TPSA) is 81.7 Å². The van der Waals surface area contributed by atoms with Crippen molar-refractivity contribution in [2.75, 3.05) is 85.9 Å². The maximum atomic E-state index is 11.1. The van der Waals surface area contributed by atoms with Crippen LogP contribution in [0.1, 0.15) is 52.4 Å². The van der Waals surface area contributed by atoms with Crippen molar-refractivity contribution >= 4 is 5.97 Å². The van der Waals surface area contributed by atoms with E-state index in [-0.39, 0.29) is 12.4 Å². The minimum Gasteiger partial charge on any atom is -0.466 e. The van der Waals surface area contributed by atoms with E-state index >= 15 is 0 Å². The summed E-state index contributed by atoms with van der Waals surface area (Å²) in [7, 11) is 0. The van der Waals surface area contributed by atoms with Crippen molar-refractivity contribution in [3.05, 3.63) is 0 Å². The molecule has 0 aromatic heterocycles. The van der Waals surface area contributed by atoms with Crippen molar-refractivity contribution in [2.24, 2.45) is 0 Å². The molecule has 0 atom stereocenters. The Bertz CT molecular complexity index is 341. The van der Waals surface area contributed by atoms with Crippen molar-refractivity contribution in [3.63, 3.8) is 0 Å². The smallest absolute Gasteiger partial charge is 0.308 e. The first-order valence-electron chi connectivity index (χ1n) is 11.4. The Balaban J connectivity index is 3.03. The van der Waals surface area contributed by atoms with Gasteiger partial charge in [-0.25, -0.2) is 0 Å².